The first-order valence-corrected chi connectivity index (χ1v) is 6.08. The van der Waals surface area contributed by atoms with Gasteiger partial charge in [-0.3, -0.25) is 4.79 Å². The largest absolute Gasteiger partial charge is 0.481 e. The van der Waals surface area contributed by atoms with Gasteiger partial charge in [-0.2, -0.15) is 22.0 Å². The lowest BCUT2D eigenvalue weighted by Gasteiger charge is -2.11. The third-order valence-electron chi connectivity index (χ3n) is 1.43. The SMILES string of the molecule is CC(CN=NC(C)(C)C)SCCC(=O)O. The van der Waals surface area contributed by atoms with Crippen molar-refractivity contribution in [1.29, 1.82) is 0 Å². The minimum Gasteiger partial charge on any atom is -0.481 e. The van der Waals surface area contributed by atoms with E-state index in [9.17, 15) is 4.79 Å². The van der Waals surface area contributed by atoms with Crippen molar-refractivity contribution >= 4 is 17.7 Å². The molecule has 0 rings (SSSR count). The van der Waals surface area contributed by atoms with Crippen LogP contribution in [-0.2, 0) is 4.79 Å². The normalized spacial score (nSPS) is 14.4. The summed E-state index contributed by atoms with van der Waals surface area (Å²) in [5, 5.41) is 17.0. The van der Waals surface area contributed by atoms with Crippen molar-refractivity contribution in [3.05, 3.63) is 0 Å². The fourth-order valence-electron chi connectivity index (χ4n) is 0.768. The van der Waals surface area contributed by atoms with E-state index in [4.69, 9.17) is 5.11 Å². The molecular weight excluding hydrogens is 212 g/mol. The smallest absolute Gasteiger partial charge is 0.304 e. The summed E-state index contributed by atoms with van der Waals surface area (Å²) in [6.07, 6.45) is 0.214. The molecule has 0 aliphatic rings. The average Bonchev–Trinajstić information content (AvgIpc) is 2.00. The second-order valence-corrected chi connectivity index (χ2v) is 5.97. The molecule has 0 saturated heterocycles. The first-order chi connectivity index (χ1) is 6.81. The van der Waals surface area contributed by atoms with Crippen molar-refractivity contribution in [2.75, 3.05) is 12.3 Å². The highest BCUT2D eigenvalue weighted by molar-refractivity contribution is 7.99. The molecular formula is C10H20N2O2S. The molecule has 0 aliphatic heterocycles. The predicted octanol–water partition coefficient (Wildman–Crippen LogP) is 2.83. The molecule has 15 heavy (non-hydrogen) atoms. The van der Waals surface area contributed by atoms with Crippen LogP contribution in [0.5, 0.6) is 0 Å². The Balaban J connectivity index is 3.62. The minimum absolute atomic E-state index is 0.120. The summed E-state index contributed by atoms with van der Waals surface area (Å²) in [5.74, 6) is -0.104. The molecule has 0 saturated carbocycles. The van der Waals surface area contributed by atoms with Crippen LogP contribution in [0.1, 0.15) is 34.1 Å². The van der Waals surface area contributed by atoms with Gasteiger partial charge in [-0.1, -0.05) is 6.92 Å². The monoisotopic (exact) mass is 232 g/mol. The molecule has 88 valence electrons. The number of carboxylic acids is 1. The van der Waals surface area contributed by atoms with Crippen molar-refractivity contribution in [2.45, 2.75) is 44.9 Å². The molecule has 1 N–H and O–H groups in total. The Bertz CT molecular complexity index is 224. The van der Waals surface area contributed by atoms with E-state index in [1.165, 1.54) is 0 Å². The topological polar surface area (TPSA) is 62.0 Å². The Morgan fingerprint density at radius 3 is 2.53 bits per heavy atom. The third kappa shape index (κ3) is 11.3. The van der Waals surface area contributed by atoms with Crippen molar-refractivity contribution in [1.82, 2.24) is 0 Å². The Morgan fingerprint density at radius 2 is 2.07 bits per heavy atom. The molecule has 0 fully saturated rings. The third-order valence-corrected chi connectivity index (χ3v) is 2.59. The highest BCUT2D eigenvalue weighted by Crippen LogP contribution is 2.13. The Hall–Kier alpha value is -0.580. The zero-order chi connectivity index (χ0) is 11.9. The molecule has 1 atom stereocenters. The van der Waals surface area contributed by atoms with Crippen LogP contribution in [0.25, 0.3) is 0 Å². The van der Waals surface area contributed by atoms with E-state index in [2.05, 4.69) is 10.2 Å². The standard InChI is InChI=1S/C10H20N2O2S/c1-8(15-6-5-9(13)14)7-11-12-10(2,3)4/h8H,5-7H2,1-4H3,(H,13,14). The molecule has 0 aliphatic carbocycles. The maximum atomic E-state index is 10.3. The second kappa shape index (κ2) is 6.82. The lowest BCUT2D eigenvalue weighted by atomic mass is 10.1. The van der Waals surface area contributed by atoms with Gasteiger partial charge in [0, 0.05) is 11.0 Å². The summed E-state index contributed by atoms with van der Waals surface area (Å²) in [5.41, 5.74) is -0.120. The second-order valence-electron chi connectivity index (χ2n) is 4.42. The van der Waals surface area contributed by atoms with E-state index in [-0.39, 0.29) is 12.0 Å². The number of azo groups is 1. The number of carbonyl (C=O) groups is 1. The number of nitrogens with zero attached hydrogens (tertiary/aromatic N) is 2. The molecule has 0 aromatic carbocycles. The fourth-order valence-corrected chi connectivity index (χ4v) is 1.63. The predicted molar refractivity (Wildman–Crippen MR) is 63.6 cm³/mol. The van der Waals surface area contributed by atoms with Gasteiger partial charge in [-0.25, -0.2) is 0 Å². The van der Waals surface area contributed by atoms with Crippen LogP contribution in [0.3, 0.4) is 0 Å². The van der Waals surface area contributed by atoms with E-state index in [0.717, 1.165) is 0 Å². The zero-order valence-electron chi connectivity index (χ0n) is 9.86. The molecule has 0 spiro atoms. The first-order valence-electron chi connectivity index (χ1n) is 5.03. The highest BCUT2D eigenvalue weighted by atomic mass is 32.2. The lowest BCUT2D eigenvalue weighted by Crippen LogP contribution is -2.10. The summed E-state index contributed by atoms with van der Waals surface area (Å²) < 4.78 is 0. The van der Waals surface area contributed by atoms with Crippen molar-refractivity contribution in [2.24, 2.45) is 10.2 Å². The van der Waals surface area contributed by atoms with Crippen molar-refractivity contribution < 1.29 is 9.90 Å². The quantitative estimate of drug-likeness (QED) is 0.716. The van der Waals surface area contributed by atoms with Crippen LogP contribution in [0.2, 0.25) is 0 Å². The van der Waals surface area contributed by atoms with Gasteiger partial charge in [-0.15, -0.1) is 0 Å². The van der Waals surface area contributed by atoms with Gasteiger partial charge in [0.2, 0.25) is 0 Å². The average molecular weight is 232 g/mol. The van der Waals surface area contributed by atoms with E-state index < -0.39 is 5.97 Å². The Morgan fingerprint density at radius 1 is 1.47 bits per heavy atom. The molecule has 0 bridgehead atoms. The number of carboxylic acid groups (broad SMARTS) is 1. The van der Waals surface area contributed by atoms with E-state index in [1.807, 2.05) is 27.7 Å². The van der Waals surface area contributed by atoms with Gasteiger partial charge in [-0.05, 0) is 20.8 Å². The van der Waals surface area contributed by atoms with Gasteiger partial charge in [0.15, 0.2) is 0 Å². The molecule has 4 nitrogen and oxygen atoms in total. The van der Waals surface area contributed by atoms with Crippen LogP contribution in [0, 0.1) is 0 Å². The van der Waals surface area contributed by atoms with Crippen LogP contribution in [-0.4, -0.2) is 34.2 Å². The van der Waals surface area contributed by atoms with Crippen molar-refractivity contribution in [3.63, 3.8) is 0 Å². The maximum Gasteiger partial charge on any atom is 0.304 e. The Labute approximate surface area is 95.5 Å². The summed E-state index contributed by atoms with van der Waals surface area (Å²) in [4.78, 5) is 10.3. The summed E-state index contributed by atoms with van der Waals surface area (Å²) >= 11 is 1.62. The first kappa shape index (κ1) is 14.4. The van der Waals surface area contributed by atoms with Crippen LogP contribution >= 0.6 is 11.8 Å². The molecule has 0 heterocycles. The van der Waals surface area contributed by atoms with Gasteiger partial charge in [0.25, 0.3) is 0 Å². The number of rotatable bonds is 6. The lowest BCUT2D eigenvalue weighted by molar-refractivity contribution is -0.136. The van der Waals surface area contributed by atoms with Crippen molar-refractivity contribution in [3.8, 4) is 0 Å². The summed E-state index contributed by atoms with van der Waals surface area (Å²) in [6, 6.07) is 0. The Kier molecular flexibility index (Phi) is 6.56. The molecule has 5 heteroatoms. The molecule has 0 aromatic rings. The van der Waals surface area contributed by atoms with Crippen LogP contribution in [0.15, 0.2) is 10.2 Å². The van der Waals surface area contributed by atoms with Gasteiger partial charge in [0.1, 0.15) is 0 Å². The van der Waals surface area contributed by atoms with Gasteiger partial charge < -0.3 is 5.11 Å². The van der Waals surface area contributed by atoms with Crippen LogP contribution < -0.4 is 0 Å². The fraction of sp³-hybridized carbons (Fsp3) is 0.900. The maximum absolute atomic E-state index is 10.3. The van der Waals surface area contributed by atoms with Crippen LogP contribution in [0.4, 0.5) is 0 Å². The molecule has 0 amide bonds. The minimum atomic E-state index is -0.744. The summed E-state index contributed by atoms with van der Waals surface area (Å²) in [6.45, 7) is 8.69. The number of thioether (sulfide) groups is 1. The molecule has 0 radical (unpaired) electrons. The number of hydrogen-bond donors (Lipinski definition) is 1. The number of hydrogen-bond acceptors (Lipinski definition) is 4. The summed E-state index contributed by atoms with van der Waals surface area (Å²) in [7, 11) is 0. The van der Waals surface area contributed by atoms with Gasteiger partial charge in [0.05, 0.1) is 18.5 Å². The van der Waals surface area contributed by atoms with E-state index >= 15 is 0 Å². The highest BCUT2D eigenvalue weighted by Gasteiger charge is 2.07. The van der Waals surface area contributed by atoms with E-state index in [1.54, 1.807) is 11.8 Å². The molecule has 0 aromatic heterocycles. The zero-order valence-corrected chi connectivity index (χ0v) is 10.7. The number of aliphatic carboxylic acids is 1. The van der Waals surface area contributed by atoms with E-state index in [0.29, 0.717) is 17.5 Å². The van der Waals surface area contributed by atoms with Gasteiger partial charge >= 0.3 is 5.97 Å². The molecule has 1 unspecified atom stereocenters.